The molecule has 7 heteroatoms. The van der Waals surface area contributed by atoms with Crippen LogP contribution in [0.25, 0.3) is 0 Å². The molecule has 1 amide bonds. The summed E-state index contributed by atoms with van der Waals surface area (Å²) >= 11 is 3.14. The molecule has 4 heterocycles. The zero-order chi connectivity index (χ0) is 20.4. The van der Waals surface area contributed by atoms with Crippen molar-refractivity contribution in [3.63, 3.8) is 0 Å². The van der Waals surface area contributed by atoms with Crippen molar-refractivity contribution in [2.24, 2.45) is 0 Å². The molecule has 0 unspecified atom stereocenters. The number of nitrogens with one attached hydrogen (secondary N) is 1. The number of thiophene rings is 2. The Morgan fingerprint density at radius 1 is 1.17 bits per heavy atom. The molecule has 1 fully saturated rings. The molecule has 1 aliphatic rings. The molecule has 29 heavy (non-hydrogen) atoms. The summed E-state index contributed by atoms with van der Waals surface area (Å²) in [6.07, 6.45) is 3.77. The number of pyridine rings is 1. The summed E-state index contributed by atoms with van der Waals surface area (Å²) in [6.45, 7) is 8.35. The highest BCUT2D eigenvalue weighted by Crippen LogP contribution is 2.42. The highest BCUT2D eigenvalue weighted by atomic mass is 32.1. The van der Waals surface area contributed by atoms with Crippen LogP contribution in [0.4, 0.5) is 5.00 Å². The van der Waals surface area contributed by atoms with Gasteiger partial charge >= 0.3 is 0 Å². The molecular formula is C22H26N4OS2. The van der Waals surface area contributed by atoms with Gasteiger partial charge in [0, 0.05) is 49.0 Å². The van der Waals surface area contributed by atoms with Gasteiger partial charge in [0.15, 0.2) is 0 Å². The van der Waals surface area contributed by atoms with E-state index in [1.165, 1.54) is 32.9 Å². The van der Waals surface area contributed by atoms with Crippen molar-refractivity contribution in [2.45, 2.75) is 19.9 Å². The number of piperazine rings is 1. The third-order valence-electron chi connectivity index (χ3n) is 5.58. The lowest BCUT2D eigenvalue weighted by atomic mass is 9.95. The van der Waals surface area contributed by atoms with Crippen molar-refractivity contribution >= 4 is 33.6 Å². The number of rotatable bonds is 5. The number of hydrogen-bond acceptors (Lipinski definition) is 6. The van der Waals surface area contributed by atoms with Crippen molar-refractivity contribution in [1.29, 1.82) is 0 Å². The fraction of sp³-hybridized carbons (Fsp3) is 0.364. The average molecular weight is 427 g/mol. The van der Waals surface area contributed by atoms with Crippen LogP contribution in [0.1, 0.15) is 37.3 Å². The van der Waals surface area contributed by atoms with Crippen LogP contribution >= 0.6 is 22.7 Å². The fourth-order valence-corrected chi connectivity index (χ4v) is 5.52. The number of aromatic nitrogens is 1. The zero-order valence-corrected chi connectivity index (χ0v) is 18.6. The number of nitrogens with zero attached hydrogens (tertiary/aromatic N) is 3. The maximum atomic E-state index is 12.8. The van der Waals surface area contributed by atoms with Crippen LogP contribution in [0.2, 0.25) is 0 Å². The standard InChI is InChI=1S/C22H26N4OS2/c1-15-16(2)29-22(24-21(27)18-7-5-13-28-18)19(15)20(17-6-4-8-23-14-17)26-11-9-25(3)10-12-26/h4-8,13-14,20H,9-12H2,1-3H3,(H,24,27)/t20-/m0/s1. The van der Waals surface area contributed by atoms with Crippen LogP contribution in [0.3, 0.4) is 0 Å². The van der Waals surface area contributed by atoms with Crippen molar-refractivity contribution in [2.75, 3.05) is 38.5 Å². The van der Waals surface area contributed by atoms with Gasteiger partial charge in [-0.15, -0.1) is 22.7 Å². The van der Waals surface area contributed by atoms with E-state index in [9.17, 15) is 4.79 Å². The molecule has 0 saturated carbocycles. The number of aryl methyl sites for hydroxylation is 1. The van der Waals surface area contributed by atoms with Gasteiger partial charge in [-0.2, -0.15) is 0 Å². The Hall–Kier alpha value is -2.06. The summed E-state index contributed by atoms with van der Waals surface area (Å²) in [5.41, 5.74) is 3.63. The number of anilines is 1. The lowest BCUT2D eigenvalue weighted by Crippen LogP contribution is -2.46. The number of carbonyl (C=O) groups excluding carboxylic acids is 1. The predicted octanol–water partition coefficient (Wildman–Crippen LogP) is 4.41. The van der Waals surface area contributed by atoms with E-state index in [-0.39, 0.29) is 11.9 Å². The van der Waals surface area contributed by atoms with Gasteiger partial charge in [-0.05, 0) is 49.5 Å². The Morgan fingerprint density at radius 3 is 2.62 bits per heavy atom. The minimum atomic E-state index is -0.0363. The van der Waals surface area contributed by atoms with E-state index in [4.69, 9.17) is 0 Å². The van der Waals surface area contributed by atoms with E-state index in [0.29, 0.717) is 0 Å². The summed E-state index contributed by atoms with van der Waals surface area (Å²) in [7, 11) is 2.17. The summed E-state index contributed by atoms with van der Waals surface area (Å²) in [4.78, 5) is 24.0. The normalized spacial score (nSPS) is 16.7. The van der Waals surface area contributed by atoms with Gasteiger partial charge in [0.25, 0.3) is 5.91 Å². The lowest BCUT2D eigenvalue weighted by Gasteiger charge is -2.38. The molecule has 1 saturated heterocycles. The minimum Gasteiger partial charge on any atom is -0.313 e. The molecule has 1 N–H and O–H groups in total. The molecule has 1 aliphatic heterocycles. The molecule has 0 aliphatic carbocycles. The molecule has 0 aromatic carbocycles. The first-order chi connectivity index (χ1) is 14.0. The Morgan fingerprint density at radius 2 is 1.97 bits per heavy atom. The van der Waals surface area contributed by atoms with Gasteiger partial charge in [-0.3, -0.25) is 14.7 Å². The fourth-order valence-electron chi connectivity index (χ4n) is 3.82. The third kappa shape index (κ3) is 4.28. The second-order valence-corrected chi connectivity index (χ2v) is 9.66. The largest absolute Gasteiger partial charge is 0.313 e. The van der Waals surface area contributed by atoms with E-state index in [1.807, 2.05) is 36.0 Å². The number of amides is 1. The van der Waals surface area contributed by atoms with Crippen LogP contribution < -0.4 is 5.32 Å². The second kappa shape index (κ2) is 8.75. The Kier molecular flexibility index (Phi) is 6.10. The summed E-state index contributed by atoms with van der Waals surface area (Å²) in [5.74, 6) is -0.0363. The summed E-state index contributed by atoms with van der Waals surface area (Å²) in [6, 6.07) is 8.01. The first-order valence-corrected chi connectivity index (χ1v) is 11.5. The average Bonchev–Trinajstić information content (AvgIpc) is 3.35. The Balaban J connectivity index is 1.75. The molecule has 3 aromatic rings. The van der Waals surface area contributed by atoms with Gasteiger partial charge in [0.2, 0.25) is 0 Å². The first kappa shape index (κ1) is 20.2. The first-order valence-electron chi connectivity index (χ1n) is 9.82. The molecule has 0 bridgehead atoms. The lowest BCUT2D eigenvalue weighted by molar-refractivity contribution is 0.103. The predicted molar refractivity (Wildman–Crippen MR) is 121 cm³/mol. The SMILES string of the molecule is Cc1sc(NC(=O)c2cccs2)c([C@H](c2cccnc2)N2CCN(C)CC2)c1C. The number of carbonyl (C=O) groups is 1. The van der Waals surface area contributed by atoms with Gasteiger partial charge in [-0.25, -0.2) is 0 Å². The number of hydrogen-bond donors (Lipinski definition) is 1. The molecule has 152 valence electrons. The number of likely N-dealkylation sites (N-methyl/N-ethyl adjacent to an activating group) is 1. The Bertz CT molecular complexity index is 960. The van der Waals surface area contributed by atoms with Gasteiger partial charge in [-0.1, -0.05) is 12.1 Å². The molecule has 5 nitrogen and oxygen atoms in total. The van der Waals surface area contributed by atoms with E-state index >= 15 is 0 Å². The summed E-state index contributed by atoms with van der Waals surface area (Å²) in [5, 5.41) is 6.09. The van der Waals surface area contributed by atoms with E-state index in [2.05, 4.69) is 47.1 Å². The van der Waals surface area contributed by atoms with Crippen LogP contribution in [0.5, 0.6) is 0 Å². The van der Waals surface area contributed by atoms with Gasteiger partial charge < -0.3 is 10.2 Å². The molecule has 4 rings (SSSR count). The molecular weight excluding hydrogens is 400 g/mol. The van der Waals surface area contributed by atoms with Crippen LogP contribution in [-0.2, 0) is 0 Å². The molecule has 1 atom stereocenters. The topological polar surface area (TPSA) is 48.5 Å². The van der Waals surface area contributed by atoms with Crippen LogP contribution in [0, 0.1) is 13.8 Å². The van der Waals surface area contributed by atoms with Crippen LogP contribution in [-0.4, -0.2) is 53.9 Å². The molecule has 3 aromatic heterocycles. The monoisotopic (exact) mass is 426 g/mol. The Labute approximate surface area is 180 Å². The minimum absolute atomic E-state index is 0.0363. The smallest absolute Gasteiger partial charge is 0.266 e. The summed E-state index contributed by atoms with van der Waals surface area (Å²) < 4.78 is 0. The van der Waals surface area contributed by atoms with Crippen molar-refractivity contribution < 1.29 is 4.79 Å². The quantitative estimate of drug-likeness (QED) is 0.657. The maximum Gasteiger partial charge on any atom is 0.266 e. The van der Waals surface area contributed by atoms with E-state index in [0.717, 1.165) is 36.1 Å². The van der Waals surface area contributed by atoms with E-state index in [1.54, 1.807) is 11.3 Å². The van der Waals surface area contributed by atoms with Crippen molar-refractivity contribution in [1.82, 2.24) is 14.8 Å². The molecule has 0 radical (unpaired) electrons. The van der Waals surface area contributed by atoms with Gasteiger partial charge in [0.05, 0.1) is 10.9 Å². The second-order valence-electron chi connectivity index (χ2n) is 7.49. The highest BCUT2D eigenvalue weighted by molar-refractivity contribution is 7.17. The van der Waals surface area contributed by atoms with Crippen LogP contribution in [0.15, 0.2) is 42.0 Å². The molecule has 0 spiro atoms. The third-order valence-corrected chi connectivity index (χ3v) is 7.59. The maximum absolute atomic E-state index is 12.8. The van der Waals surface area contributed by atoms with Gasteiger partial charge in [0.1, 0.15) is 5.00 Å². The zero-order valence-electron chi connectivity index (χ0n) is 17.0. The van der Waals surface area contributed by atoms with Crippen molar-refractivity contribution in [3.05, 3.63) is 68.5 Å². The van der Waals surface area contributed by atoms with Crippen molar-refractivity contribution in [3.8, 4) is 0 Å². The van der Waals surface area contributed by atoms with E-state index < -0.39 is 0 Å². The highest BCUT2D eigenvalue weighted by Gasteiger charge is 2.31.